The maximum absolute atomic E-state index is 11.9. The standard InChI is InChI=1S/C13H17BrO2S/c1-8(2)16-13(15)11-6-5-10(14)7-12(11)17-9(3)4/h5-9H,1-4H3. The summed E-state index contributed by atoms with van der Waals surface area (Å²) in [7, 11) is 0. The number of esters is 1. The molecule has 1 rings (SSSR count). The summed E-state index contributed by atoms with van der Waals surface area (Å²) in [5.74, 6) is -0.254. The van der Waals surface area contributed by atoms with Gasteiger partial charge in [0.1, 0.15) is 0 Å². The van der Waals surface area contributed by atoms with Crippen molar-refractivity contribution in [3.8, 4) is 0 Å². The summed E-state index contributed by atoms with van der Waals surface area (Å²) >= 11 is 5.08. The molecule has 0 N–H and O–H groups in total. The van der Waals surface area contributed by atoms with Crippen LogP contribution in [0.3, 0.4) is 0 Å². The Morgan fingerprint density at radius 1 is 1.29 bits per heavy atom. The van der Waals surface area contributed by atoms with Gasteiger partial charge in [0, 0.05) is 14.6 Å². The minimum absolute atomic E-state index is 0.0944. The van der Waals surface area contributed by atoms with Crippen molar-refractivity contribution in [3.05, 3.63) is 28.2 Å². The highest BCUT2D eigenvalue weighted by Gasteiger charge is 2.15. The van der Waals surface area contributed by atoms with Crippen molar-refractivity contribution in [1.82, 2.24) is 0 Å². The largest absolute Gasteiger partial charge is 0.459 e. The van der Waals surface area contributed by atoms with Gasteiger partial charge in [0.15, 0.2) is 0 Å². The van der Waals surface area contributed by atoms with Gasteiger partial charge in [0.25, 0.3) is 0 Å². The minimum atomic E-state index is -0.254. The van der Waals surface area contributed by atoms with Crippen molar-refractivity contribution in [2.24, 2.45) is 0 Å². The Bertz CT molecular complexity index is 402. The van der Waals surface area contributed by atoms with Gasteiger partial charge in [-0.15, -0.1) is 11.8 Å². The Morgan fingerprint density at radius 3 is 2.47 bits per heavy atom. The van der Waals surface area contributed by atoms with Crippen LogP contribution in [0.15, 0.2) is 27.6 Å². The van der Waals surface area contributed by atoms with Crippen LogP contribution in [0.5, 0.6) is 0 Å². The number of hydrogen-bond acceptors (Lipinski definition) is 3. The molecule has 0 spiro atoms. The van der Waals surface area contributed by atoms with Gasteiger partial charge in [-0.1, -0.05) is 29.8 Å². The van der Waals surface area contributed by atoms with Crippen molar-refractivity contribution >= 4 is 33.7 Å². The van der Waals surface area contributed by atoms with Crippen molar-refractivity contribution < 1.29 is 9.53 Å². The third-order valence-corrected chi connectivity index (χ3v) is 3.43. The minimum Gasteiger partial charge on any atom is -0.459 e. The summed E-state index contributed by atoms with van der Waals surface area (Å²) in [6, 6.07) is 5.63. The lowest BCUT2D eigenvalue weighted by molar-refractivity contribution is 0.0374. The van der Waals surface area contributed by atoms with Crippen molar-refractivity contribution in [3.63, 3.8) is 0 Å². The topological polar surface area (TPSA) is 26.3 Å². The van der Waals surface area contributed by atoms with E-state index in [4.69, 9.17) is 4.74 Å². The van der Waals surface area contributed by atoms with Gasteiger partial charge in [0.05, 0.1) is 11.7 Å². The van der Waals surface area contributed by atoms with Crippen LogP contribution >= 0.6 is 27.7 Å². The second-order valence-corrected chi connectivity index (χ2v) is 6.80. The van der Waals surface area contributed by atoms with Crippen LogP contribution in [0.1, 0.15) is 38.1 Å². The first-order valence-electron chi connectivity index (χ1n) is 5.57. The molecule has 1 aromatic rings. The smallest absolute Gasteiger partial charge is 0.339 e. The third kappa shape index (κ3) is 4.72. The summed E-state index contributed by atoms with van der Waals surface area (Å²) in [4.78, 5) is 12.9. The Hall–Kier alpha value is -0.480. The number of hydrogen-bond donors (Lipinski definition) is 0. The van der Waals surface area contributed by atoms with E-state index in [-0.39, 0.29) is 12.1 Å². The van der Waals surface area contributed by atoms with E-state index in [0.717, 1.165) is 9.37 Å². The number of thioether (sulfide) groups is 1. The lowest BCUT2D eigenvalue weighted by Gasteiger charge is -2.13. The van der Waals surface area contributed by atoms with Crippen molar-refractivity contribution in [1.29, 1.82) is 0 Å². The molecule has 0 radical (unpaired) electrons. The number of carbonyl (C=O) groups excluding carboxylic acids is 1. The molecule has 1 aromatic carbocycles. The molecule has 0 aliphatic heterocycles. The fourth-order valence-electron chi connectivity index (χ4n) is 1.29. The molecule has 0 aliphatic carbocycles. The lowest BCUT2D eigenvalue weighted by Crippen LogP contribution is -2.12. The molecule has 2 nitrogen and oxygen atoms in total. The van der Waals surface area contributed by atoms with E-state index >= 15 is 0 Å². The Morgan fingerprint density at radius 2 is 1.94 bits per heavy atom. The first-order valence-corrected chi connectivity index (χ1v) is 7.24. The van der Waals surface area contributed by atoms with E-state index in [0.29, 0.717) is 10.8 Å². The van der Waals surface area contributed by atoms with Crippen LogP contribution < -0.4 is 0 Å². The summed E-state index contributed by atoms with van der Waals surface area (Å²) in [5.41, 5.74) is 0.639. The normalized spacial score (nSPS) is 11.0. The van der Waals surface area contributed by atoms with Crippen molar-refractivity contribution in [2.75, 3.05) is 0 Å². The second-order valence-electron chi connectivity index (χ2n) is 4.26. The van der Waals surface area contributed by atoms with Crippen molar-refractivity contribution in [2.45, 2.75) is 43.9 Å². The third-order valence-electron chi connectivity index (χ3n) is 1.87. The van der Waals surface area contributed by atoms with Gasteiger partial charge in [0.2, 0.25) is 0 Å². The van der Waals surface area contributed by atoms with E-state index in [2.05, 4.69) is 29.8 Å². The second kappa shape index (κ2) is 6.45. The number of benzene rings is 1. The highest BCUT2D eigenvalue weighted by Crippen LogP contribution is 2.30. The fourth-order valence-corrected chi connectivity index (χ4v) is 2.79. The molecule has 0 amide bonds. The van der Waals surface area contributed by atoms with Gasteiger partial charge in [-0.3, -0.25) is 0 Å². The summed E-state index contributed by atoms with van der Waals surface area (Å²) in [6.45, 7) is 7.91. The van der Waals surface area contributed by atoms with Gasteiger partial charge in [-0.05, 0) is 32.0 Å². The predicted molar refractivity (Wildman–Crippen MR) is 75.7 cm³/mol. The van der Waals surface area contributed by atoms with Crippen LogP contribution in [-0.2, 0) is 4.74 Å². The van der Waals surface area contributed by atoms with Crippen LogP contribution in [-0.4, -0.2) is 17.3 Å². The van der Waals surface area contributed by atoms with E-state index < -0.39 is 0 Å². The molecule has 4 heteroatoms. The Kier molecular flexibility index (Phi) is 5.53. The highest BCUT2D eigenvalue weighted by atomic mass is 79.9. The SMILES string of the molecule is CC(C)OC(=O)c1ccc(Br)cc1SC(C)C. The molecule has 0 saturated heterocycles. The molecule has 0 fully saturated rings. The molecule has 0 unspecified atom stereocenters. The molecule has 94 valence electrons. The van der Waals surface area contributed by atoms with Gasteiger partial charge < -0.3 is 4.74 Å². The molecule has 0 saturated carbocycles. The zero-order valence-corrected chi connectivity index (χ0v) is 12.9. The van der Waals surface area contributed by atoms with Gasteiger partial charge in [-0.2, -0.15) is 0 Å². The first-order chi connectivity index (χ1) is 7.90. The van der Waals surface area contributed by atoms with Crippen LogP contribution in [0.25, 0.3) is 0 Å². The van der Waals surface area contributed by atoms with Crippen LogP contribution in [0.2, 0.25) is 0 Å². The fraction of sp³-hybridized carbons (Fsp3) is 0.462. The molecule has 17 heavy (non-hydrogen) atoms. The average Bonchev–Trinajstić information content (AvgIpc) is 2.15. The molecular formula is C13H17BrO2S. The number of ether oxygens (including phenoxy) is 1. The molecule has 0 heterocycles. The quantitative estimate of drug-likeness (QED) is 0.603. The van der Waals surface area contributed by atoms with Gasteiger partial charge >= 0.3 is 5.97 Å². The van der Waals surface area contributed by atoms with E-state index in [9.17, 15) is 4.79 Å². The van der Waals surface area contributed by atoms with Crippen LogP contribution in [0, 0.1) is 0 Å². The summed E-state index contributed by atoms with van der Waals surface area (Å²) in [6.07, 6.45) is -0.0944. The maximum atomic E-state index is 11.9. The first kappa shape index (κ1) is 14.6. The zero-order valence-electron chi connectivity index (χ0n) is 10.5. The number of rotatable bonds is 4. The average molecular weight is 317 g/mol. The monoisotopic (exact) mass is 316 g/mol. The van der Waals surface area contributed by atoms with E-state index in [1.54, 1.807) is 17.8 Å². The number of halogens is 1. The highest BCUT2D eigenvalue weighted by molar-refractivity contribution is 9.10. The van der Waals surface area contributed by atoms with E-state index in [1.165, 1.54) is 0 Å². The molecule has 0 aromatic heterocycles. The van der Waals surface area contributed by atoms with Crippen LogP contribution in [0.4, 0.5) is 0 Å². The van der Waals surface area contributed by atoms with Gasteiger partial charge in [-0.25, -0.2) is 4.79 Å². The zero-order chi connectivity index (χ0) is 13.0. The summed E-state index contributed by atoms with van der Waals surface area (Å²) < 4.78 is 6.20. The predicted octanol–water partition coefficient (Wildman–Crippen LogP) is 4.51. The Balaban J connectivity index is 3.01. The van der Waals surface area contributed by atoms with E-state index in [1.807, 2.05) is 26.0 Å². The molecule has 0 atom stereocenters. The Labute approximate surface area is 115 Å². The lowest BCUT2D eigenvalue weighted by atomic mass is 10.2. The number of carbonyl (C=O) groups is 1. The molecule has 0 aliphatic rings. The summed E-state index contributed by atoms with van der Waals surface area (Å²) in [5, 5.41) is 0.426. The maximum Gasteiger partial charge on any atom is 0.339 e. The molecule has 0 bridgehead atoms. The molecular weight excluding hydrogens is 300 g/mol.